The van der Waals surface area contributed by atoms with Crippen molar-refractivity contribution >= 4 is 81.0 Å². The van der Waals surface area contributed by atoms with Crippen LogP contribution in [0.3, 0.4) is 0 Å². The van der Waals surface area contributed by atoms with Crippen molar-refractivity contribution in [3.05, 3.63) is 88.1 Å². The molecule has 1 unspecified atom stereocenters. The van der Waals surface area contributed by atoms with E-state index in [1.54, 1.807) is 44.2 Å². The van der Waals surface area contributed by atoms with E-state index in [9.17, 15) is 32.4 Å². The zero-order valence-electron chi connectivity index (χ0n) is 45.9. The lowest BCUT2D eigenvalue weighted by Crippen LogP contribution is -2.42. The van der Waals surface area contributed by atoms with Crippen molar-refractivity contribution in [2.45, 2.75) is 88.5 Å². The first-order chi connectivity index (χ1) is 37.4. The molecule has 4 rings (SSSR count). The lowest BCUT2D eigenvalue weighted by Gasteiger charge is -2.32. The van der Waals surface area contributed by atoms with Crippen LogP contribution in [0.25, 0.3) is 0 Å². The lowest BCUT2D eigenvalue weighted by atomic mass is 9.86. The summed E-state index contributed by atoms with van der Waals surface area (Å²) < 4.78 is 55.4. The highest BCUT2D eigenvalue weighted by molar-refractivity contribution is 7.92. The van der Waals surface area contributed by atoms with Gasteiger partial charge >= 0.3 is 0 Å². The summed E-state index contributed by atoms with van der Waals surface area (Å²) in [6.45, 7) is 14.3. The molecular weight excluding hydrogens is 1050 g/mol. The predicted octanol–water partition coefficient (Wildman–Crippen LogP) is 5.63. The van der Waals surface area contributed by atoms with Crippen LogP contribution in [0, 0.1) is 6.92 Å². The molecule has 0 spiro atoms. The van der Waals surface area contributed by atoms with Crippen LogP contribution in [0.2, 0.25) is 0 Å². The van der Waals surface area contributed by atoms with Gasteiger partial charge in [0.05, 0.1) is 105 Å². The number of amidine groups is 1. The summed E-state index contributed by atoms with van der Waals surface area (Å²) >= 11 is 6.72. The number of aliphatic imine (C=N–C) groups is 2. The number of halogens is 1. The molecule has 6 N–H and O–H groups in total. The zero-order valence-corrected chi connectivity index (χ0v) is 47.5. The fraction of sp³-hybridized carbons (Fsp3) is 0.509. The Morgan fingerprint density at radius 1 is 0.872 bits per heavy atom. The van der Waals surface area contributed by atoms with Crippen molar-refractivity contribution in [3.63, 3.8) is 0 Å². The number of anilines is 2. The van der Waals surface area contributed by atoms with Crippen LogP contribution in [-0.2, 0) is 43.2 Å². The van der Waals surface area contributed by atoms with E-state index in [2.05, 4.69) is 31.2 Å². The Morgan fingerprint density at radius 2 is 1.50 bits per heavy atom. The summed E-state index contributed by atoms with van der Waals surface area (Å²) in [4.78, 5) is 73.9. The first-order valence-corrected chi connectivity index (χ1v) is 28.0. The van der Waals surface area contributed by atoms with Gasteiger partial charge in [-0.2, -0.15) is 0 Å². The number of amides is 3. The van der Waals surface area contributed by atoms with Gasteiger partial charge in [0.1, 0.15) is 22.8 Å². The van der Waals surface area contributed by atoms with E-state index in [-0.39, 0.29) is 70.1 Å². The molecule has 428 valence electrons. The number of hydrogen-bond acceptors (Lipinski definition) is 16. The summed E-state index contributed by atoms with van der Waals surface area (Å²) in [5.41, 5.74) is 9.12. The molecule has 3 aromatic rings. The van der Waals surface area contributed by atoms with Crippen LogP contribution in [0.15, 0.2) is 80.7 Å². The number of hydrogen-bond donors (Lipinski definition) is 5. The first-order valence-electron chi connectivity index (χ1n) is 26.1. The van der Waals surface area contributed by atoms with Gasteiger partial charge < -0.3 is 60.4 Å². The maximum absolute atomic E-state index is 13.4. The van der Waals surface area contributed by atoms with Gasteiger partial charge in [-0.3, -0.25) is 24.1 Å². The van der Waals surface area contributed by atoms with E-state index in [4.69, 9.17) is 46.0 Å². The number of nitrogens with two attached hydrogens (primary N) is 1. The van der Waals surface area contributed by atoms with Crippen molar-refractivity contribution in [1.29, 1.82) is 0 Å². The quantitative estimate of drug-likeness (QED) is 0.0210. The van der Waals surface area contributed by atoms with E-state index in [1.807, 2.05) is 32.9 Å². The number of likely N-dealkylation sites (tertiary alicyclic amines) is 1. The van der Waals surface area contributed by atoms with Gasteiger partial charge in [-0.1, -0.05) is 35.9 Å². The lowest BCUT2D eigenvalue weighted by molar-refractivity contribution is -0.123. The number of piperidine rings is 1. The van der Waals surface area contributed by atoms with Gasteiger partial charge in [-0.25, -0.2) is 18.4 Å². The molecule has 0 bridgehead atoms. The Bertz CT molecular complexity index is 2640. The summed E-state index contributed by atoms with van der Waals surface area (Å²) in [6.07, 6.45) is 5.30. The number of carbonyl (C=O) groups is 5. The molecule has 0 aromatic heterocycles. The smallest absolute Gasteiger partial charge is 0.257 e. The number of likely N-dealkylation sites (N-methyl/N-ethyl adjacent to an activating group) is 1. The number of carbonyl (C=O) groups excluding carboxylic acids is 5. The molecular formula is C55H78ClN9O12S. The average molecular weight is 1120 g/mol. The standard InChI is InChI=1S/C55H78ClN9O12S/c1-38(2)77-49-32-44(40(5)31-48(49)63-54(45(56)33-59-37-57)62-46-12-8-9-14-50(46)78(71,72)39(3)4)41-17-21-65(22-18-41)34-52(69)61-20-24-74-26-28-76-30-29-75-27-25-73-23-19-60-47-13-10-11-42(35-66)53(47)55(70)64(7)43(36-67)15-16-51(68)58-6/h8-14,31-33,35-39,41,43,60H,15-30,34H2,1-7H3,(H2,57,59)(H,58,68)(H,61,69)(H,62,63)/b45-33+. The highest BCUT2D eigenvalue weighted by Gasteiger charge is 2.28. The van der Waals surface area contributed by atoms with Crippen LogP contribution in [0.1, 0.15) is 91.1 Å². The Kier molecular flexibility index (Phi) is 27.9. The van der Waals surface area contributed by atoms with E-state index in [0.717, 1.165) is 43.4 Å². The van der Waals surface area contributed by atoms with E-state index in [1.165, 1.54) is 37.3 Å². The molecule has 1 aliphatic rings. The number of nitrogens with zero attached hydrogens (tertiary/aromatic N) is 4. The number of rotatable bonds is 34. The van der Waals surface area contributed by atoms with Crippen LogP contribution in [0.4, 0.5) is 17.1 Å². The van der Waals surface area contributed by atoms with Crippen LogP contribution in [0.5, 0.6) is 5.75 Å². The molecule has 1 atom stereocenters. The van der Waals surface area contributed by atoms with Crippen molar-refractivity contribution in [3.8, 4) is 5.75 Å². The van der Waals surface area contributed by atoms with E-state index >= 15 is 0 Å². The van der Waals surface area contributed by atoms with Gasteiger partial charge in [0.25, 0.3) is 5.91 Å². The second-order valence-electron chi connectivity index (χ2n) is 18.8. The van der Waals surface area contributed by atoms with Gasteiger partial charge in [-0.05, 0) is 114 Å². The van der Waals surface area contributed by atoms with Crippen LogP contribution in [-0.4, -0.2) is 178 Å². The first kappa shape index (κ1) is 64.3. The third kappa shape index (κ3) is 20.5. The molecule has 21 nitrogen and oxygen atoms in total. The molecule has 0 aliphatic carbocycles. The van der Waals surface area contributed by atoms with E-state index < -0.39 is 27.0 Å². The fourth-order valence-electron chi connectivity index (χ4n) is 8.28. The summed E-state index contributed by atoms with van der Waals surface area (Å²) in [5, 5.41) is 11.1. The van der Waals surface area contributed by atoms with Gasteiger partial charge in [0, 0.05) is 44.9 Å². The number of ether oxygens (including phenoxy) is 5. The normalized spacial score (nSPS) is 14.1. The summed E-state index contributed by atoms with van der Waals surface area (Å²) in [6, 6.07) is 14.5. The Balaban J connectivity index is 1.13. The minimum absolute atomic E-state index is 0.0659. The average Bonchev–Trinajstić information content (AvgIpc) is 3.44. The maximum atomic E-state index is 13.4. The minimum Gasteiger partial charge on any atom is -0.489 e. The predicted molar refractivity (Wildman–Crippen MR) is 303 cm³/mol. The zero-order chi connectivity index (χ0) is 57.0. The number of aldehydes is 2. The fourth-order valence-corrected chi connectivity index (χ4v) is 9.62. The largest absolute Gasteiger partial charge is 0.489 e. The summed E-state index contributed by atoms with van der Waals surface area (Å²) in [7, 11) is -0.708. The maximum Gasteiger partial charge on any atom is 0.257 e. The molecule has 1 fully saturated rings. The number of benzene rings is 3. The Hall–Kier alpha value is -6.27. The SMILES string of the molecule is CNC(=O)CCC(C=O)N(C)C(=O)c1c(C=O)cccc1NCCOCCOCCOCCOCCNC(=O)CN1CCC(c2cc(OC(C)C)c(\N=C(Nc3ccccc3S(=O)(=O)C(C)C)/C(Cl)=C\N=C\N)cc2C)CC1. The van der Waals surface area contributed by atoms with E-state index in [0.29, 0.717) is 101 Å². The molecule has 1 heterocycles. The molecule has 1 saturated heterocycles. The second-order valence-corrected chi connectivity index (χ2v) is 21.7. The number of nitrogens with one attached hydrogen (secondary N) is 4. The number of para-hydroxylation sites is 1. The Morgan fingerprint density at radius 3 is 2.10 bits per heavy atom. The van der Waals surface area contributed by atoms with Crippen LogP contribution < -0.4 is 31.7 Å². The molecule has 0 saturated carbocycles. The third-order valence-electron chi connectivity index (χ3n) is 12.5. The highest BCUT2D eigenvalue weighted by atomic mass is 35.5. The second kappa shape index (κ2) is 33.9. The van der Waals surface area contributed by atoms with Crippen molar-refractivity contribution in [2.24, 2.45) is 15.7 Å². The molecule has 1 aliphatic heterocycles. The van der Waals surface area contributed by atoms with Crippen molar-refractivity contribution in [2.75, 3.05) is 110 Å². The topological polar surface area (TPSA) is 271 Å². The molecule has 23 heteroatoms. The van der Waals surface area contributed by atoms with Crippen LogP contribution >= 0.6 is 11.6 Å². The van der Waals surface area contributed by atoms with Gasteiger partial charge in [0.2, 0.25) is 11.8 Å². The molecule has 78 heavy (non-hydrogen) atoms. The highest BCUT2D eigenvalue weighted by Crippen LogP contribution is 2.39. The van der Waals surface area contributed by atoms with Crippen molar-refractivity contribution < 1.29 is 56.1 Å². The summed E-state index contributed by atoms with van der Waals surface area (Å²) in [5.74, 6) is 0.0461. The Labute approximate surface area is 464 Å². The van der Waals surface area contributed by atoms with Gasteiger partial charge in [-0.15, -0.1) is 0 Å². The molecule has 3 aromatic carbocycles. The number of aryl methyl sites for hydroxylation is 1. The van der Waals surface area contributed by atoms with Gasteiger partial charge in [0.15, 0.2) is 22.0 Å². The monoisotopic (exact) mass is 1120 g/mol. The minimum atomic E-state index is -3.67. The molecule has 0 radical (unpaired) electrons. The molecule has 3 amide bonds. The number of sulfone groups is 1. The van der Waals surface area contributed by atoms with Crippen molar-refractivity contribution in [1.82, 2.24) is 20.4 Å². The third-order valence-corrected chi connectivity index (χ3v) is 15.0.